The molecule has 5 heteroatoms. The molecule has 0 bridgehead atoms. The van der Waals surface area contributed by atoms with Gasteiger partial charge < -0.3 is 10.4 Å². The second-order valence-corrected chi connectivity index (χ2v) is 5.77. The van der Waals surface area contributed by atoms with Crippen molar-refractivity contribution < 1.29 is 9.90 Å². The van der Waals surface area contributed by atoms with Gasteiger partial charge in [0, 0.05) is 11.9 Å². The smallest absolute Gasteiger partial charge is 0.226 e. The van der Waals surface area contributed by atoms with Crippen molar-refractivity contribution in [1.29, 1.82) is 0 Å². The first-order valence-corrected chi connectivity index (χ1v) is 8.00. The summed E-state index contributed by atoms with van der Waals surface area (Å²) >= 11 is 1.59. The van der Waals surface area contributed by atoms with Crippen LogP contribution in [0.2, 0.25) is 0 Å². The SMILES string of the molecule is CCc1nc(CC(=O)NCCC(O)c2ccccc2)cs1. The normalized spacial score (nSPS) is 12.1. The van der Waals surface area contributed by atoms with Gasteiger partial charge in [-0.1, -0.05) is 37.3 Å². The fraction of sp³-hybridized carbons (Fsp3) is 0.375. The fourth-order valence-electron chi connectivity index (χ4n) is 2.01. The van der Waals surface area contributed by atoms with Crippen LogP contribution in [0.5, 0.6) is 0 Å². The number of rotatable bonds is 7. The molecule has 2 N–H and O–H groups in total. The average Bonchev–Trinajstić information content (AvgIpc) is 2.95. The Bertz CT molecular complexity index is 569. The van der Waals surface area contributed by atoms with Gasteiger partial charge in [0.15, 0.2) is 0 Å². The molecule has 2 aromatic rings. The van der Waals surface area contributed by atoms with Crippen LogP contribution in [-0.4, -0.2) is 22.5 Å². The van der Waals surface area contributed by atoms with Gasteiger partial charge in [-0.2, -0.15) is 0 Å². The standard InChI is InChI=1S/C16H20N2O2S/c1-2-16-18-13(11-21-16)10-15(20)17-9-8-14(19)12-6-4-3-5-7-12/h3-7,11,14,19H,2,8-10H2,1H3,(H,17,20). The molecule has 0 saturated carbocycles. The van der Waals surface area contributed by atoms with Crippen molar-refractivity contribution in [2.75, 3.05) is 6.54 Å². The zero-order valence-corrected chi connectivity index (χ0v) is 12.9. The van der Waals surface area contributed by atoms with Gasteiger partial charge in [-0.25, -0.2) is 4.98 Å². The highest BCUT2D eigenvalue weighted by Gasteiger charge is 2.09. The number of aryl methyl sites for hydroxylation is 1. The third kappa shape index (κ3) is 4.95. The maximum atomic E-state index is 11.8. The summed E-state index contributed by atoms with van der Waals surface area (Å²) in [5, 5.41) is 15.8. The minimum Gasteiger partial charge on any atom is -0.388 e. The summed E-state index contributed by atoms with van der Waals surface area (Å²) in [6, 6.07) is 9.47. The van der Waals surface area contributed by atoms with Gasteiger partial charge in [-0.3, -0.25) is 4.79 Å². The summed E-state index contributed by atoms with van der Waals surface area (Å²) in [6.45, 7) is 2.51. The van der Waals surface area contributed by atoms with Crippen LogP contribution >= 0.6 is 11.3 Å². The van der Waals surface area contributed by atoms with Crippen LogP contribution in [0, 0.1) is 0 Å². The van der Waals surface area contributed by atoms with Gasteiger partial charge in [0.2, 0.25) is 5.91 Å². The Morgan fingerprint density at radius 3 is 2.81 bits per heavy atom. The van der Waals surface area contributed by atoms with Gasteiger partial charge >= 0.3 is 0 Å². The van der Waals surface area contributed by atoms with Crippen LogP contribution in [0.1, 0.15) is 35.7 Å². The Kier molecular flexibility index (Phi) is 5.90. The molecule has 0 aliphatic heterocycles. The van der Waals surface area contributed by atoms with Crippen molar-refractivity contribution in [2.45, 2.75) is 32.3 Å². The molecule has 0 aliphatic rings. The van der Waals surface area contributed by atoms with Gasteiger partial charge in [0.25, 0.3) is 0 Å². The molecule has 1 heterocycles. The second-order valence-electron chi connectivity index (χ2n) is 4.83. The number of nitrogens with zero attached hydrogens (tertiary/aromatic N) is 1. The third-order valence-corrected chi connectivity index (χ3v) is 4.21. The number of carbonyl (C=O) groups excluding carboxylic acids is 1. The van der Waals surface area contributed by atoms with Gasteiger partial charge in [0.05, 0.1) is 23.2 Å². The van der Waals surface area contributed by atoms with Crippen molar-refractivity contribution in [3.8, 4) is 0 Å². The van der Waals surface area contributed by atoms with Crippen molar-refractivity contribution in [3.63, 3.8) is 0 Å². The van der Waals surface area contributed by atoms with Crippen molar-refractivity contribution in [3.05, 3.63) is 52.0 Å². The average molecular weight is 304 g/mol. The number of aromatic nitrogens is 1. The molecule has 2 rings (SSSR count). The summed E-state index contributed by atoms with van der Waals surface area (Å²) in [4.78, 5) is 16.2. The molecule has 1 aromatic heterocycles. The first-order valence-electron chi connectivity index (χ1n) is 7.12. The zero-order chi connectivity index (χ0) is 15.1. The van der Waals surface area contributed by atoms with Crippen LogP contribution in [0.15, 0.2) is 35.7 Å². The molecular formula is C16H20N2O2S. The van der Waals surface area contributed by atoms with E-state index >= 15 is 0 Å². The Morgan fingerprint density at radius 1 is 1.38 bits per heavy atom. The number of nitrogens with one attached hydrogen (secondary N) is 1. The molecule has 1 amide bonds. The fourth-order valence-corrected chi connectivity index (χ4v) is 2.75. The van der Waals surface area contributed by atoms with Gasteiger partial charge in [-0.05, 0) is 18.4 Å². The highest BCUT2D eigenvalue weighted by Crippen LogP contribution is 2.15. The molecule has 112 valence electrons. The number of aliphatic hydroxyl groups excluding tert-OH is 1. The number of aliphatic hydroxyl groups is 1. The van der Waals surface area contributed by atoms with Gasteiger partial charge in [-0.15, -0.1) is 11.3 Å². The lowest BCUT2D eigenvalue weighted by molar-refractivity contribution is -0.120. The lowest BCUT2D eigenvalue weighted by Crippen LogP contribution is -2.27. The van der Waals surface area contributed by atoms with E-state index in [0.717, 1.165) is 22.7 Å². The molecular weight excluding hydrogens is 284 g/mol. The topological polar surface area (TPSA) is 62.2 Å². The summed E-state index contributed by atoms with van der Waals surface area (Å²) in [5.74, 6) is -0.0526. The highest BCUT2D eigenvalue weighted by molar-refractivity contribution is 7.09. The Labute approximate surface area is 128 Å². The maximum absolute atomic E-state index is 11.8. The number of amides is 1. The summed E-state index contributed by atoms with van der Waals surface area (Å²) in [6.07, 6.45) is 1.16. The molecule has 1 aromatic carbocycles. The first-order chi connectivity index (χ1) is 10.2. The van der Waals surface area contributed by atoms with E-state index in [1.807, 2.05) is 42.6 Å². The maximum Gasteiger partial charge on any atom is 0.226 e. The van der Waals surface area contributed by atoms with Crippen molar-refractivity contribution in [2.24, 2.45) is 0 Å². The molecule has 4 nitrogen and oxygen atoms in total. The van der Waals surface area contributed by atoms with Crippen LogP contribution in [-0.2, 0) is 17.6 Å². The van der Waals surface area contributed by atoms with E-state index in [1.54, 1.807) is 11.3 Å². The van der Waals surface area contributed by atoms with E-state index in [0.29, 0.717) is 19.4 Å². The van der Waals surface area contributed by atoms with E-state index in [1.165, 1.54) is 0 Å². The molecule has 0 spiro atoms. The van der Waals surface area contributed by atoms with Crippen LogP contribution in [0.4, 0.5) is 0 Å². The molecule has 0 fully saturated rings. The molecule has 0 aliphatic carbocycles. The van der Waals surface area contributed by atoms with E-state index in [2.05, 4.69) is 10.3 Å². The summed E-state index contributed by atoms with van der Waals surface area (Å²) in [7, 11) is 0. The number of thiazole rings is 1. The molecule has 0 radical (unpaired) electrons. The Hall–Kier alpha value is -1.72. The molecule has 1 unspecified atom stereocenters. The monoisotopic (exact) mass is 304 g/mol. The van der Waals surface area contributed by atoms with Crippen molar-refractivity contribution >= 4 is 17.2 Å². The van der Waals surface area contributed by atoms with E-state index < -0.39 is 6.10 Å². The minimum atomic E-state index is -0.544. The third-order valence-electron chi connectivity index (χ3n) is 3.17. The Morgan fingerprint density at radius 2 is 2.14 bits per heavy atom. The number of hydrogen-bond acceptors (Lipinski definition) is 4. The minimum absolute atomic E-state index is 0.0526. The van der Waals surface area contributed by atoms with Crippen molar-refractivity contribution in [1.82, 2.24) is 10.3 Å². The Balaban J connectivity index is 1.72. The van der Waals surface area contributed by atoms with E-state index in [9.17, 15) is 9.90 Å². The van der Waals surface area contributed by atoms with Crippen LogP contribution in [0.3, 0.4) is 0 Å². The molecule has 21 heavy (non-hydrogen) atoms. The summed E-state index contributed by atoms with van der Waals surface area (Å²) in [5.41, 5.74) is 1.69. The largest absolute Gasteiger partial charge is 0.388 e. The number of hydrogen-bond donors (Lipinski definition) is 2. The first kappa shape index (κ1) is 15.7. The predicted octanol–water partition coefficient (Wildman–Crippen LogP) is 2.49. The summed E-state index contributed by atoms with van der Waals surface area (Å²) < 4.78 is 0. The second kappa shape index (κ2) is 7.90. The van der Waals surface area contributed by atoms with Crippen LogP contribution < -0.4 is 5.32 Å². The predicted molar refractivity (Wildman–Crippen MR) is 84.2 cm³/mol. The quantitative estimate of drug-likeness (QED) is 0.826. The van der Waals surface area contributed by atoms with E-state index in [-0.39, 0.29) is 5.91 Å². The number of benzene rings is 1. The van der Waals surface area contributed by atoms with E-state index in [4.69, 9.17) is 0 Å². The number of carbonyl (C=O) groups is 1. The molecule has 1 atom stereocenters. The zero-order valence-electron chi connectivity index (χ0n) is 12.1. The lowest BCUT2D eigenvalue weighted by Gasteiger charge is -2.11. The van der Waals surface area contributed by atoms with Gasteiger partial charge in [0.1, 0.15) is 0 Å². The molecule has 0 saturated heterocycles. The van der Waals surface area contributed by atoms with Crippen LogP contribution in [0.25, 0.3) is 0 Å². The highest BCUT2D eigenvalue weighted by atomic mass is 32.1. The lowest BCUT2D eigenvalue weighted by atomic mass is 10.1.